The van der Waals surface area contributed by atoms with Crippen LogP contribution in [-0.2, 0) is 0 Å². The van der Waals surface area contributed by atoms with E-state index in [0.717, 1.165) is 35.2 Å². The lowest BCUT2D eigenvalue weighted by Crippen LogP contribution is -2.14. The van der Waals surface area contributed by atoms with E-state index in [4.69, 9.17) is 0 Å². The number of rotatable bonds is 3. The summed E-state index contributed by atoms with van der Waals surface area (Å²) in [6, 6.07) is 18.5. The second-order valence-electron chi connectivity index (χ2n) is 6.90. The Morgan fingerprint density at radius 1 is 0.875 bits per heavy atom. The Bertz CT molecular complexity index is 820. The molecule has 1 heterocycles. The predicted molar refractivity (Wildman–Crippen MR) is 99.3 cm³/mol. The largest absolute Gasteiger partial charge is 0.355 e. The zero-order valence-electron chi connectivity index (χ0n) is 13.9. The van der Waals surface area contributed by atoms with E-state index in [2.05, 4.69) is 35.3 Å². The van der Waals surface area contributed by atoms with Gasteiger partial charge in [0, 0.05) is 28.1 Å². The van der Waals surface area contributed by atoms with E-state index in [0.29, 0.717) is 5.78 Å². The maximum Gasteiger partial charge on any atom is 0.165 e. The zero-order chi connectivity index (χ0) is 16.4. The molecule has 0 radical (unpaired) electrons. The number of para-hydroxylation sites is 1. The van der Waals surface area contributed by atoms with Gasteiger partial charge < -0.3 is 4.98 Å². The number of carbonyl (C=O) groups excluding carboxylic acids is 1. The summed E-state index contributed by atoms with van der Waals surface area (Å²) in [4.78, 5) is 16.4. The van der Waals surface area contributed by atoms with Gasteiger partial charge in [-0.3, -0.25) is 4.79 Å². The van der Waals surface area contributed by atoms with Gasteiger partial charge in [0.25, 0.3) is 0 Å². The minimum absolute atomic E-state index is 0.213. The normalized spacial score (nSPS) is 16.2. The topological polar surface area (TPSA) is 32.9 Å². The summed E-state index contributed by atoms with van der Waals surface area (Å²) in [5.41, 5.74) is 4.16. The molecule has 0 bridgehead atoms. The number of nitrogens with one attached hydrogen (secondary N) is 1. The van der Waals surface area contributed by atoms with Crippen molar-refractivity contribution in [1.29, 1.82) is 0 Å². The number of aromatic amines is 1. The van der Waals surface area contributed by atoms with Crippen LogP contribution < -0.4 is 0 Å². The molecular formula is C22H23NO. The zero-order valence-corrected chi connectivity index (χ0v) is 13.9. The summed E-state index contributed by atoms with van der Waals surface area (Å²) in [5.74, 6) is 0.542. The second kappa shape index (κ2) is 6.64. The molecular weight excluding hydrogens is 294 g/mol. The SMILES string of the molecule is O=C(c1cccc(-c2cc3ccccc3[nH]2)c1)C1CCCCCC1. The van der Waals surface area contributed by atoms with Gasteiger partial charge in [-0.1, -0.05) is 62.1 Å². The van der Waals surface area contributed by atoms with Crippen LogP contribution >= 0.6 is 0 Å². The molecule has 1 aromatic heterocycles. The van der Waals surface area contributed by atoms with Crippen molar-refractivity contribution in [2.24, 2.45) is 5.92 Å². The lowest BCUT2D eigenvalue weighted by molar-refractivity contribution is 0.0908. The van der Waals surface area contributed by atoms with Crippen LogP contribution in [0.2, 0.25) is 0 Å². The summed E-state index contributed by atoms with van der Waals surface area (Å²) in [6.07, 6.45) is 7.04. The fourth-order valence-electron chi connectivity index (χ4n) is 3.85. The lowest BCUT2D eigenvalue weighted by atomic mass is 9.90. The van der Waals surface area contributed by atoms with E-state index in [1.165, 1.54) is 31.1 Å². The molecule has 2 nitrogen and oxygen atoms in total. The maximum atomic E-state index is 12.9. The van der Waals surface area contributed by atoms with E-state index in [1.807, 2.05) is 24.3 Å². The minimum Gasteiger partial charge on any atom is -0.355 e. The van der Waals surface area contributed by atoms with Gasteiger partial charge in [0.1, 0.15) is 0 Å². The molecule has 2 heteroatoms. The van der Waals surface area contributed by atoms with Crippen molar-refractivity contribution >= 4 is 16.7 Å². The van der Waals surface area contributed by atoms with Gasteiger partial charge in [0.15, 0.2) is 5.78 Å². The average Bonchev–Trinajstić information content (AvgIpc) is 2.88. The van der Waals surface area contributed by atoms with Gasteiger partial charge in [-0.15, -0.1) is 0 Å². The molecule has 122 valence electrons. The van der Waals surface area contributed by atoms with Crippen molar-refractivity contribution in [3.05, 3.63) is 60.2 Å². The molecule has 0 atom stereocenters. The standard InChI is InChI=1S/C22H23NO/c24-22(16-8-3-1-2-4-9-16)19-12-7-11-17(14-19)21-15-18-10-5-6-13-20(18)23-21/h5-7,10-16,23H,1-4,8-9H2. The molecule has 1 N–H and O–H groups in total. The molecule has 0 unspecified atom stereocenters. The van der Waals surface area contributed by atoms with Crippen LogP contribution in [0, 0.1) is 5.92 Å². The summed E-state index contributed by atoms with van der Waals surface area (Å²) in [5, 5.41) is 1.20. The van der Waals surface area contributed by atoms with Gasteiger partial charge >= 0.3 is 0 Å². The van der Waals surface area contributed by atoms with Crippen LogP contribution in [0.5, 0.6) is 0 Å². The number of ketones is 1. The Kier molecular flexibility index (Phi) is 4.20. The number of H-pyrrole nitrogens is 1. The molecule has 24 heavy (non-hydrogen) atoms. The Morgan fingerprint density at radius 2 is 1.67 bits per heavy atom. The molecule has 0 amide bonds. The molecule has 1 aliphatic rings. The van der Waals surface area contributed by atoms with Gasteiger partial charge in [-0.2, -0.15) is 0 Å². The fraction of sp³-hybridized carbons (Fsp3) is 0.318. The van der Waals surface area contributed by atoms with E-state index in [9.17, 15) is 4.79 Å². The maximum absolute atomic E-state index is 12.9. The first-order chi connectivity index (χ1) is 11.8. The fourth-order valence-corrected chi connectivity index (χ4v) is 3.85. The van der Waals surface area contributed by atoms with Crippen molar-refractivity contribution in [3.8, 4) is 11.3 Å². The highest BCUT2D eigenvalue weighted by Gasteiger charge is 2.21. The lowest BCUT2D eigenvalue weighted by Gasteiger charge is -2.13. The first kappa shape index (κ1) is 15.2. The summed E-state index contributed by atoms with van der Waals surface area (Å²) in [7, 11) is 0. The van der Waals surface area contributed by atoms with Gasteiger partial charge in [0.2, 0.25) is 0 Å². The van der Waals surface area contributed by atoms with E-state index >= 15 is 0 Å². The van der Waals surface area contributed by atoms with Crippen LogP contribution in [0.15, 0.2) is 54.6 Å². The third-order valence-electron chi connectivity index (χ3n) is 5.21. The Labute approximate surface area is 142 Å². The third-order valence-corrected chi connectivity index (χ3v) is 5.21. The number of carbonyl (C=O) groups is 1. The van der Waals surface area contributed by atoms with Gasteiger partial charge in [-0.05, 0) is 36.6 Å². The molecule has 0 aliphatic heterocycles. The minimum atomic E-state index is 0.213. The third kappa shape index (κ3) is 3.01. The van der Waals surface area contributed by atoms with Crippen molar-refractivity contribution in [3.63, 3.8) is 0 Å². The van der Waals surface area contributed by atoms with E-state index in [1.54, 1.807) is 0 Å². The highest BCUT2D eigenvalue weighted by atomic mass is 16.1. The first-order valence-corrected chi connectivity index (χ1v) is 9.04. The molecule has 0 saturated heterocycles. The van der Waals surface area contributed by atoms with Crippen molar-refractivity contribution in [2.75, 3.05) is 0 Å². The molecule has 1 aliphatic carbocycles. The quantitative estimate of drug-likeness (QED) is 0.467. The first-order valence-electron chi connectivity index (χ1n) is 9.04. The van der Waals surface area contributed by atoms with Crippen LogP contribution in [-0.4, -0.2) is 10.8 Å². The molecule has 1 fully saturated rings. The molecule has 0 spiro atoms. The van der Waals surface area contributed by atoms with Gasteiger partial charge in [0.05, 0.1) is 0 Å². The Balaban J connectivity index is 1.64. The number of aromatic nitrogens is 1. The summed E-state index contributed by atoms with van der Waals surface area (Å²) in [6.45, 7) is 0. The van der Waals surface area contributed by atoms with Crippen LogP contribution in [0.25, 0.3) is 22.2 Å². The van der Waals surface area contributed by atoms with Crippen molar-refractivity contribution < 1.29 is 4.79 Å². The monoisotopic (exact) mass is 317 g/mol. The van der Waals surface area contributed by atoms with Crippen LogP contribution in [0.3, 0.4) is 0 Å². The predicted octanol–water partition coefficient (Wildman–Crippen LogP) is 5.99. The van der Waals surface area contributed by atoms with E-state index in [-0.39, 0.29) is 5.92 Å². The Hall–Kier alpha value is -2.35. The van der Waals surface area contributed by atoms with E-state index < -0.39 is 0 Å². The number of hydrogen-bond acceptors (Lipinski definition) is 1. The van der Waals surface area contributed by atoms with Crippen molar-refractivity contribution in [2.45, 2.75) is 38.5 Å². The highest BCUT2D eigenvalue weighted by molar-refractivity contribution is 5.99. The molecule has 2 aromatic carbocycles. The Morgan fingerprint density at radius 3 is 2.46 bits per heavy atom. The second-order valence-corrected chi connectivity index (χ2v) is 6.90. The number of Topliss-reactive ketones (excluding diaryl/α,β-unsaturated/α-hetero) is 1. The smallest absolute Gasteiger partial charge is 0.165 e. The molecule has 4 rings (SSSR count). The average molecular weight is 317 g/mol. The van der Waals surface area contributed by atoms with Gasteiger partial charge in [-0.25, -0.2) is 0 Å². The summed E-state index contributed by atoms with van der Waals surface area (Å²) < 4.78 is 0. The number of benzene rings is 2. The number of fused-ring (bicyclic) bond motifs is 1. The van der Waals surface area contributed by atoms with Crippen LogP contribution in [0.4, 0.5) is 0 Å². The molecule has 1 saturated carbocycles. The summed E-state index contributed by atoms with van der Waals surface area (Å²) >= 11 is 0. The highest BCUT2D eigenvalue weighted by Crippen LogP contribution is 2.29. The van der Waals surface area contributed by atoms with Crippen LogP contribution in [0.1, 0.15) is 48.9 Å². The van der Waals surface area contributed by atoms with Crippen molar-refractivity contribution in [1.82, 2.24) is 4.98 Å². The molecule has 3 aromatic rings. The number of hydrogen-bond donors (Lipinski definition) is 1.